The van der Waals surface area contributed by atoms with Crippen LogP contribution in [0, 0.1) is 0 Å². The van der Waals surface area contributed by atoms with Crippen molar-refractivity contribution in [2.24, 2.45) is 0 Å². The van der Waals surface area contributed by atoms with Crippen LogP contribution < -0.4 is 0 Å². The fourth-order valence-corrected chi connectivity index (χ4v) is 0.510. The minimum Gasteiger partial charge on any atom is -0.394 e. The largest absolute Gasteiger partial charge is 0.394 e. The van der Waals surface area contributed by atoms with Crippen LogP contribution in [0.25, 0.3) is 0 Å². The van der Waals surface area contributed by atoms with Gasteiger partial charge in [0.05, 0.1) is 14.6 Å². The molecule has 0 bridgehead atoms. The van der Waals surface area contributed by atoms with Crippen LogP contribution in [0.15, 0.2) is 0 Å². The second-order valence-electron chi connectivity index (χ2n) is 1.68. The topological polar surface area (TPSA) is 49.7 Å². The summed E-state index contributed by atoms with van der Waals surface area (Å²) in [5, 5.41) is 15.5. The molecule has 2 N–H and O–H groups in total. The summed E-state index contributed by atoms with van der Waals surface area (Å²) in [5.41, 5.74) is 0. The van der Waals surface area contributed by atoms with Crippen LogP contribution >= 0.6 is 0 Å². The van der Waals surface area contributed by atoms with E-state index in [1.807, 2.05) is 0 Å². The lowest BCUT2D eigenvalue weighted by Gasteiger charge is -1.76. The standard InChI is InChI=1S/C4H8O.C2H6O2/c1-2-4-5-3-1;3-1-2-4/h1-4H2;3-4H,1-2H2/i;1D. The highest BCUT2D eigenvalue weighted by molar-refractivity contribution is 4.43. The van der Waals surface area contributed by atoms with Crippen LogP contribution in [0.4, 0.5) is 0 Å². The van der Waals surface area contributed by atoms with E-state index in [4.69, 9.17) is 16.3 Å². The van der Waals surface area contributed by atoms with Crippen molar-refractivity contribution in [1.82, 2.24) is 0 Å². The highest BCUT2D eigenvalue weighted by Crippen LogP contribution is 1.98. The highest BCUT2D eigenvalue weighted by Gasteiger charge is 1.94. The molecule has 0 saturated carbocycles. The van der Waals surface area contributed by atoms with Gasteiger partial charge in [0.2, 0.25) is 0 Å². The van der Waals surface area contributed by atoms with Gasteiger partial charge in [0.15, 0.2) is 0 Å². The van der Waals surface area contributed by atoms with Crippen LogP contribution in [0.1, 0.15) is 14.2 Å². The molecule has 1 rings (SSSR count). The van der Waals surface area contributed by atoms with Crippen LogP contribution in [0.2, 0.25) is 0 Å². The van der Waals surface area contributed by atoms with Gasteiger partial charge < -0.3 is 14.9 Å². The third-order valence-corrected chi connectivity index (χ3v) is 0.909. The van der Waals surface area contributed by atoms with E-state index in [1.165, 1.54) is 12.8 Å². The van der Waals surface area contributed by atoms with Crippen LogP contribution in [0.5, 0.6) is 0 Å². The molecule has 1 saturated heterocycles. The Balaban J connectivity index is 0.000000162. The maximum Gasteiger partial charge on any atom is 0.0662 e. The quantitative estimate of drug-likeness (QED) is 0.522. The second-order valence-corrected chi connectivity index (χ2v) is 1.68. The predicted octanol–water partition coefficient (Wildman–Crippen LogP) is -0.232. The minimum atomic E-state index is -1.31. The summed E-state index contributed by atoms with van der Waals surface area (Å²) in [6, 6.07) is 0. The fraction of sp³-hybridized carbons (Fsp3) is 1.00. The predicted molar refractivity (Wildman–Crippen MR) is 34.2 cm³/mol. The molecule has 0 aromatic carbocycles. The summed E-state index contributed by atoms with van der Waals surface area (Å²) < 4.78 is 11.1. The molecule has 3 heteroatoms. The Labute approximate surface area is 56.7 Å². The maximum atomic E-state index is 7.78. The molecule has 0 spiro atoms. The summed E-state index contributed by atoms with van der Waals surface area (Å²) in [7, 11) is 0. The van der Waals surface area contributed by atoms with E-state index >= 15 is 0 Å². The van der Waals surface area contributed by atoms with Gasteiger partial charge in [-0.25, -0.2) is 0 Å². The van der Waals surface area contributed by atoms with Gasteiger partial charge in [-0.05, 0) is 12.8 Å². The van der Waals surface area contributed by atoms with E-state index in [0.717, 1.165) is 13.2 Å². The van der Waals surface area contributed by atoms with Gasteiger partial charge in [0, 0.05) is 13.2 Å². The third-order valence-electron chi connectivity index (χ3n) is 0.909. The fourth-order valence-electron chi connectivity index (χ4n) is 0.510. The number of aliphatic hydroxyl groups excluding tert-OH is 2. The summed E-state index contributed by atoms with van der Waals surface area (Å²) in [6.45, 7) is 0.218. The molecule has 1 aliphatic rings. The van der Waals surface area contributed by atoms with E-state index < -0.39 is 13.2 Å². The smallest absolute Gasteiger partial charge is 0.0662 e. The lowest BCUT2D eigenvalue weighted by atomic mass is 10.4. The zero-order chi connectivity index (χ0) is 7.82. The Morgan fingerprint density at radius 2 is 1.78 bits per heavy atom. The first-order chi connectivity index (χ1) is 4.77. The third kappa shape index (κ3) is 7.88. The monoisotopic (exact) mass is 135 g/mol. The molecule has 1 heterocycles. The molecule has 56 valence electrons. The second kappa shape index (κ2) is 7.88. The van der Waals surface area contributed by atoms with Gasteiger partial charge in [-0.1, -0.05) is 0 Å². The van der Waals surface area contributed by atoms with Crippen LogP contribution in [0.3, 0.4) is 0 Å². The van der Waals surface area contributed by atoms with Crippen molar-refractivity contribution in [3.05, 3.63) is 0 Å². The normalized spacial score (nSPS) is 21.8. The lowest BCUT2D eigenvalue weighted by molar-refractivity contribution is 0.186. The van der Waals surface area contributed by atoms with Gasteiger partial charge in [0.1, 0.15) is 0 Å². The lowest BCUT2D eigenvalue weighted by Crippen LogP contribution is -1.85. The summed E-state index contributed by atoms with van der Waals surface area (Å²) in [6.07, 6.45) is 2.56. The Kier molecular flexibility index (Phi) is 6.12. The Morgan fingerprint density at radius 3 is 1.89 bits per heavy atom. The maximum absolute atomic E-state index is 7.78. The minimum absolute atomic E-state index is 0.472. The molecule has 1 fully saturated rings. The number of ether oxygens (including phenoxy) is 1. The number of hydrogen-bond acceptors (Lipinski definition) is 3. The first-order valence-corrected chi connectivity index (χ1v) is 3.06. The van der Waals surface area contributed by atoms with Crippen molar-refractivity contribution in [1.29, 1.82) is 0 Å². The number of rotatable bonds is 1. The van der Waals surface area contributed by atoms with Crippen molar-refractivity contribution in [3.8, 4) is 0 Å². The van der Waals surface area contributed by atoms with Crippen LogP contribution in [-0.2, 0) is 4.74 Å². The average Bonchev–Trinajstić information content (AvgIpc) is 2.43. The molecule has 0 amide bonds. The van der Waals surface area contributed by atoms with Gasteiger partial charge in [0.25, 0.3) is 0 Å². The van der Waals surface area contributed by atoms with Crippen molar-refractivity contribution < 1.29 is 16.3 Å². The number of hydrogen-bond donors (Lipinski definition) is 2. The zero-order valence-electron chi connectivity index (χ0n) is 6.42. The molecule has 3 nitrogen and oxygen atoms in total. The van der Waals surface area contributed by atoms with E-state index in [1.54, 1.807) is 0 Å². The molecule has 1 atom stereocenters. The van der Waals surface area contributed by atoms with Crippen molar-refractivity contribution in [3.63, 3.8) is 0 Å². The summed E-state index contributed by atoms with van der Waals surface area (Å²) >= 11 is 0. The van der Waals surface area contributed by atoms with E-state index in [0.29, 0.717) is 0 Å². The zero-order valence-corrected chi connectivity index (χ0v) is 5.42. The Morgan fingerprint density at radius 1 is 1.33 bits per heavy atom. The molecule has 0 aliphatic carbocycles. The first kappa shape index (κ1) is 6.99. The Hall–Kier alpha value is -0.120. The molecule has 0 aromatic rings. The molecule has 0 radical (unpaired) electrons. The highest BCUT2D eigenvalue weighted by atomic mass is 16.5. The molecule has 0 aromatic heterocycles. The summed E-state index contributed by atoms with van der Waals surface area (Å²) in [4.78, 5) is 0. The Bertz CT molecular complexity index is 56.4. The SMILES string of the molecule is C1CCOC1.[2H]C(O)CO. The summed E-state index contributed by atoms with van der Waals surface area (Å²) in [5.74, 6) is 0. The van der Waals surface area contributed by atoms with Gasteiger partial charge in [-0.2, -0.15) is 0 Å². The van der Waals surface area contributed by atoms with E-state index in [2.05, 4.69) is 0 Å². The van der Waals surface area contributed by atoms with Crippen molar-refractivity contribution >= 4 is 0 Å². The molecule has 1 aliphatic heterocycles. The molecular formula is C6H14O3. The van der Waals surface area contributed by atoms with E-state index in [-0.39, 0.29) is 0 Å². The van der Waals surface area contributed by atoms with Gasteiger partial charge in [-0.3, -0.25) is 0 Å². The molecule has 1 unspecified atom stereocenters. The molecule has 9 heavy (non-hydrogen) atoms. The van der Waals surface area contributed by atoms with Gasteiger partial charge >= 0.3 is 0 Å². The van der Waals surface area contributed by atoms with Crippen molar-refractivity contribution in [2.45, 2.75) is 12.8 Å². The van der Waals surface area contributed by atoms with Crippen molar-refractivity contribution in [2.75, 3.05) is 26.4 Å². The first-order valence-electron chi connectivity index (χ1n) is 3.64. The molecular weight excluding hydrogens is 120 g/mol. The average molecular weight is 135 g/mol. The number of aliphatic hydroxyl groups is 2. The van der Waals surface area contributed by atoms with Crippen LogP contribution in [-0.4, -0.2) is 36.6 Å². The van der Waals surface area contributed by atoms with Gasteiger partial charge in [-0.15, -0.1) is 0 Å². The van der Waals surface area contributed by atoms with E-state index in [9.17, 15) is 0 Å².